The van der Waals surface area contributed by atoms with E-state index in [0.29, 0.717) is 23.6 Å². The van der Waals surface area contributed by atoms with Gasteiger partial charge in [-0.1, -0.05) is 51.1 Å². The number of halogens is 3. The summed E-state index contributed by atoms with van der Waals surface area (Å²) in [6.45, 7) is 6.90. The molecule has 0 unspecified atom stereocenters. The van der Waals surface area contributed by atoms with Gasteiger partial charge >= 0.3 is 6.18 Å². The second kappa shape index (κ2) is 8.08. The van der Waals surface area contributed by atoms with Gasteiger partial charge in [-0.25, -0.2) is 0 Å². The molecule has 0 aliphatic heterocycles. The van der Waals surface area contributed by atoms with Crippen LogP contribution in [0.5, 0.6) is 0 Å². The Morgan fingerprint density at radius 2 is 1.62 bits per heavy atom. The minimum Gasteiger partial charge on any atom is -0.362 e. The van der Waals surface area contributed by atoms with Crippen molar-refractivity contribution in [3.05, 3.63) is 65.2 Å². The van der Waals surface area contributed by atoms with Crippen LogP contribution < -0.4 is 10.6 Å². The molecule has 26 heavy (non-hydrogen) atoms. The molecular weight excluding hydrogens is 357 g/mol. The highest BCUT2D eigenvalue weighted by Gasteiger charge is 2.30. The van der Waals surface area contributed by atoms with Crippen molar-refractivity contribution in [2.75, 3.05) is 11.9 Å². The second-order valence-corrected chi connectivity index (χ2v) is 7.56. The molecule has 0 aliphatic rings. The van der Waals surface area contributed by atoms with Gasteiger partial charge in [0.25, 0.3) is 0 Å². The van der Waals surface area contributed by atoms with Crippen LogP contribution in [0.4, 0.5) is 18.9 Å². The van der Waals surface area contributed by atoms with Crippen molar-refractivity contribution in [2.45, 2.75) is 38.8 Å². The van der Waals surface area contributed by atoms with E-state index in [-0.39, 0.29) is 5.41 Å². The summed E-state index contributed by atoms with van der Waals surface area (Å²) >= 11 is 5.24. The van der Waals surface area contributed by atoms with Gasteiger partial charge in [-0.05, 0) is 53.4 Å². The van der Waals surface area contributed by atoms with Crippen LogP contribution in [0, 0.1) is 0 Å². The Balaban J connectivity index is 1.84. The van der Waals surface area contributed by atoms with Gasteiger partial charge in [0.2, 0.25) is 0 Å². The summed E-state index contributed by atoms with van der Waals surface area (Å²) in [6.07, 6.45) is -3.87. The van der Waals surface area contributed by atoms with Crippen LogP contribution in [0.15, 0.2) is 48.5 Å². The van der Waals surface area contributed by atoms with Gasteiger partial charge in [0.1, 0.15) is 0 Å². The molecule has 0 saturated carbocycles. The summed E-state index contributed by atoms with van der Waals surface area (Å²) < 4.78 is 38.1. The largest absolute Gasteiger partial charge is 0.416 e. The number of benzene rings is 2. The van der Waals surface area contributed by atoms with E-state index in [1.807, 2.05) is 24.3 Å². The lowest BCUT2D eigenvalue weighted by atomic mass is 9.87. The molecule has 0 radical (unpaired) electrons. The van der Waals surface area contributed by atoms with Crippen molar-refractivity contribution >= 4 is 23.0 Å². The molecule has 0 fully saturated rings. The van der Waals surface area contributed by atoms with E-state index in [2.05, 4.69) is 31.4 Å². The maximum Gasteiger partial charge on any atom is 0.416 e. The van der Waals surface area contributed by atoms with Crippen LogP contribution in [0.1, 0.15) is 37.5 Å². The third-order valence-electron chi connectivity index (χ3n) is 3.96. The maximum atomic E-state index is 12.7. The molecule has 2 aromatic carbocycles. The van der Waals surface area contributed by atoms with E-state index < -0.39 is 11.7 Å². The third kappa shape index (κ3) is 6.02. The van der Waals surface area contributed by atoms with Crippen molar-refractivity contribution in [1.82, 2.24) is 5.32 Å². The van der Waals surface area contributed by atoms with Crippen molar-refractivity contribution in [3.63, 3.8) is 0 Å². The number of nitrogens with one attached hydrogen (secondary N) is 2. The SMILES string of the molecule is CC(C)(C)c1ccc(NC(=S)NCCc2cccc(C(F)(F)F)c2)cc1. The number of thiocarbonyl (C=S) groups is 1. The lowest BCUT2D eigenvalue weighted by Gasteiger charge is -2.19. The molecule has 140 valence electrons. The molecule has 0 atom stereocenters. The van der Waals surface area contributed by atoms with E-state index in [1.54, 1.807) is 6.07 Å². The average molecular weight is 380 g/mol. The highest BCUT2D eigenvalue weighted by atomic mass is 32.1. The number of anilines is 1. The summed E-state index contributed by atoms with van der Waals surface area (Å²) in [5.74, 6) is 0. The molecular formula is C20H23F3N2S. The van der Waals surface area contributed by atoms with E-state index in [0.717, 1.165) is 11.8 Å². The van der Waals surface area contributed by atoms with Crippen LogP contribution in [-0.4, -0.2) is 11.7 Å². The number of hydrogen-bond acceptors (Lipinski definition) is 1. The van der Waals surface area contributed by atoms with Crippen molar-refractivity contribution in [1.29, 1.82) is 0 Å². The smallest absolute Gasteiger partial charge is 0.362 e. The second-order valence-electron chi connectivity index (χ2n) is 7.16. The molecule has 0 aromatic heterocycles. The lowest BCUT2D eigenvalue weighted by molar-refractivity contribution is -0.137. The molecule has 2 nitrogen and oxygen atoms in total. The standard InChI is InChI=1S/C20H23F3N2S/c1-19(2,3)15-7-9-17(10-8-15)25-18(26)24-12-11-14-5-4-6-16(13-14)20(21,22)23/h4-10,13H,11-12H2,1-3H3,(H2,24,25,26). The molecule has 0 aliphatic carbocycles. The predicted molar refractivity (Wildman–Crippen MR) is 105 cm³/mol. The molecule has 0 amide bonds. The summed E-state index contributed by atoms with van der Waals surface area (Å²) in [5.41, 5.74) is 2.17. The van der Waals surface area contributed by atoms with Crippen LogP contribution in [0.3, 0.4) is 0 Å². The van der Waals surface area contributed by atoms with E-state index in [4.69, 9.17) is 12.2 Å². The lowest BCUT2D eigenvalue weighted by Crippen LogP contribution is -2.30. The first-order valence-electron chi connectivity index (χ1n) is 8.37. The topological polar surface area (TPSA) is 24.1 Å². The van der Waals surface area contributed by atoms with Crippen molar-refractivity contribution < 1.29 is 13.2 Å². The van der Waals surface area contributed by atoms with Crippen LogP contribution in [0.25, 0.3) is 0 Å². The molecule has 0 saturated heterocycles. The van der Waals surface area contributed by atoms with Gasteiger partial charge in [-0.15, -0.1) is 0 Å². The zero-order valence-electron chi connectivity index (χ0n) is 15.1. The van der Waals surface area contributed by atoms with Gasteiger partial charge < -0.3 is 10.6 Å². The first-order valence-corrected chi connectivity index (χ1v) is 8.78. The molecule has 6 heteroatoms. The third-order valence-corrected chi connectivity index (χ3v) is 4.21. The first-order chi connectivity index (χ1) is 12.1. The fourth-order valence-corrected chi connectivity index (χ4v) is 2.67. The number of alkyl halides is 3. The first kappa shape index (κ1) is 20.2. The minimum absolute atomic E-state index is 0.0856. The van der Waals surface area contributed by atoms with Crippen molar-refractivity contribution in [2.24, 2.45) is 0 Å². The fraction of sp³-hybridized carbons (Fsp3) is 0.350. The van der Waals surface area contributed by atoms with Crippen LogP contribution >= 0.6 is 12.2 Å². The Hall–Kier alpha value is -2.08. The van der Waals surface area contributed by atoms with Gasteiger partial charge in [-0.2, -0.15) is 13.2 Å². The summed E-state index contributed by atoms with van der Waals surface area (Å²) in [4.78, 5) is 0. The van der Waals surface area contributed by atoms with Crippen molar-refractivity contribution in [3.8, 4) is 0 Å². The fourth-order valence-electron chi connectivity index (χ4n) is 2.45. The Bertz CT molecular complexity index is 747. The number of rotatable bonds is 4. The van der Waals surface area contributed by atoms with Gasteiger partial charge in [0.05, 0.1) is 5.56 Å². The van der Waals surface area contributed by atoms with Crippen LogP contribution in [0.2, 0.25) is 0 Å². The van der Waals surface area contributed by atoms with Crippen LogP contribution in [-0.2, 0) is 18.0 Å². The maximum absolute atomic E-state index is 12.7. The Labute approximate surface area is 157 Å². The zero-order chi connectivity index (χ0) is 19.4. The minimum atomic E-state index is -4.32. The normalized spacial score (nSPS) is 11.9. The van der Waals surface area contributed by atoms with Gasteiger partial charge in [-0.3, -0.25) is 0 Å². The average Bonchev–Trinajstić information content (AvgIpc) is 2.54. The molecule has 2 rings (SSSR count). The summed E-state index contributed by atoms with van der Waals surface area (Å²) in [6, 6.07) is 13.4. The van der Waals surface area contributed by atoms with E-state index >= 15 is 0 Å². The quantitative estimate of drug-likeness (QED) is 0.682. The van der Waals surface area contributed by atoms with E-state index in [9.17, 15) is 13.2 Å². The Morgan fingerprint density at radius 3 is 2.19 bits per heavy atom. The Kier molecular flexibility index (Phi) is 6.29. The van der Waals surface area contributed by atoms with E-state index in [1.165, 1.54) is 17.7 Å². The molecule has 2 aromatic rings. The molecule has 0 spiro atoms. The molecule has 0 heterocycles. The predicted octanol–water partition coefficient (Wildman–Crippen LogP) is 5.53. The molecule has 2 N–H and O–H groups in total. The highest BCUT2D eigenvalue weighted by molar-refractivity contribution is 7.80. The monoisotopic (exact) mass is 380 g/mol. The highest BCUT2D eigenvalue weighted by Crippen LogP contribution is 2.29. The van der Waals surface area contributed by atoms with Gasteiger partial charge in [0.15, 0.2) is 5.11 Å². The summed E-state index contributed by atoms with van der Waals surface area (Å²) in [5, 5.41) is 6.55. The zero-order valence-corrected chi connectivity index (χ0v) is 15.9. The Morgan fingerprint density at radius 1 is 0.962 bits per heavy atom. The summed E-state index contributed by atoms with van der Waals surface area (Å²) in [7, 11) is 0. The van der Waals surface area contributed by atoms with Gasteiger partial charge in [0, 0.05) is 12.2 Å². The number of hydrogen-bond donors (Lipinski definition) is 2. The molecule has 0 bridgehead atoms.